The highest BCUT2D eigenvalue weighted by molar-refractivity contribution is 5.77. The van der Waals surface area contributed by atoms with Gasteiger partial charge in [-0.15, -0.1) is 0 Å². The number of aliphatic hydroxyl groups is 7. The minimum Gasteiger partial charge on any atom is -0.463 e. The number of unbranched alkanes of at least 4 members (excludes halogenated alkanes) is 20. The zero-order valence-electron chi connectivity index (χ0n) is 46.0. The predicted molar refractivity (Wildman–Crippen MR) is 281 cm³/mol. The maximum absolute atomic E-state index is 13.7. The molecule has 25 nitrogen and oxygen atoms in total. The number of anilines is 1. The van der Waals surface area contributed by atoms with Crippen molar-refractivity contribution in [2.75, 3.05) is 25.6 Å². The molecule has 5 heterocycles. The Labute approximate surface area is 461 Å². The number of nitrogens with two attached hydrogens (primary N) is 1. The molecule has 0 bridgehead atoms. The third kappa shape index (κ3) is 20.5. The molecule has 0 aliphatic carbocycles. The van der Waals surface area contributed by atoms with E-state index in [-0.39, 0.29) is 30.0 Å². The number of nitrogen functional groups attached to an aromatic ring is 1. The Bertz CT molecular complexity index is 2180. The summed E-state index contributed by atoms with van der Waals surface area (Å²) in [7, 11) is 0. The standard InChI is InChI=1S/C54H89N5O20/c1-3-5-7-9-11-13-15-17-19-21-23-25-38(63)77-47-35(31-73-37(62)28-27-36(61)72-30-34-42(66)44(68)46(70)53(76-34)79-52-45(69)43(67)41(65)33(29-60)75-52)74-51(59-32-56-40-49(59)57-54(55)58-50(40)71)48(47)78-39(64)26-24-22-20-18-16-14-12-10-8-6-4-2/h32-35,41-48,51-53,60,65-70H,3-31H2,1-2H3,(H3,55,57,58,71)/t33-,34-,35-,41-,42-,43+,44+,45-,46-,47-,48-,51-,52-,53-/m1/s1. The Morgan fingerprint density at radius 1 is 0.557 bits per heavy atom. The first-order valence-corrected chi connectivity index (χ1v) is 28.8. The number of esters is 4. The fraction of sp³-hybridized carbons (Fsp3) is 0.833. The van der Waals surface area contributed by atoms with Crippen LogP contribution in [0.15, 0.2) is 11.1 Å². The van der Waals surface area contributed by atoms with Gasteiger partial charge in [0.05, 0.1) is 25.8 Å². The lowest BCUT2D eigenvalue weighted by atomic mass is 9.98. The van der Waals surface area contributed by atoms with Gasteiger partial charge in [-0.1, -0.05) is 142 Å². The molecule has 14 atom stereocenters. The van der Waals surface area contributed by atoms with E-state index in [1.54, 1.807) is 0 Å². The van der Waals surface area contributed by atoms with Gasteiger partial charge in [0.15, 0.2) is 42.2 Å². The monoisotopic (exact) mass is 1130 g/mol. The van der Waals surface area contributed by atoms with Crippen molar-refractivity contribution in [2.45, 2.75) is 267 Å². The van der Waals surface area contributed by atoms with Crippen molar-refractivity contribution >= 4 is 41.0 Å². The zero-order valence-corrected chi connectivity index (χ0v) is 46.0. The van der Waals surface area contributed by atoms with E-state index in [0.717, 1.165) is 51.4 Å². The Morgan fingerprint density at radius 3 is 1.47 bits per heavy atom. The van der Waals surface area contributed by atoms with Gasteiger partial charge in [-0.05, 0) is 12.8 Å². The average molecular weight is 1130 g/mol. The summed E-state index contributed by atoms with van der Waals surface area (Å²) in [5.41, 5.74) is 5.16. The van der Waals surface area contributed by atoms with Gasteiger partial charge < -0.3 is 79.4 Å². The Morgan fingerprint density at radius 2 is 0.987 bits per heavy atom. The van der Waals surface area contributed by atoms with E-state index in [1.807, 2.05) is 0 Å². The van der Waals surface area contributed by atoms with Crippen molar-refractivity contribution in [1.29, 1.82) is 0 Å². The van der Waals surface area contributed by atoms with Crippen LogP contribution in [0.3, 0.4) is 0 Å². The lowest BCUT2D eigenvalue weighted by Gasteiger charge is -2.44. The van der Waals surface area contributed by atoms with E-state index in [4.69, 9.17) is 43.6 Å². The molecule has 3 fully saturated rings. The molecular weight excluding hydrogens is 1040 g/mol. The molecule has 10 N–H and O–H groups in total. The van der Waals surface area contributed by atoms with Crippen LogP contribution >= 0.6 is 0 Å². The molecule has 0 aromatic carbocycles. The molecule has 5 rings (SSSR count). The number of H-pyrrole nitrogens is 1. The molecule has 3 aliphatic heterocycles. The smallest absolute Gasteiger partial charge is 0.306 e. The Balaban J connectivity index is 1.21. The molecule has 0 radical (unpaired) electrons. The maximum Gasteiger partial charge on any atom is 0.306 e. The van der Waals surface area contributed by atoms with Crippen LogP contribution in [-0.4, -0.2) is 179 Å². The maximum atomic E-state index is 13.7. The number of aromatic amines is 1. The second kappa shape index (κ2) is 34.8. The van der Waals surface area contributed by atoms with E-state index >= 15 is 0 Å². The molecule has 2 aromatic heterocycles. The number of imidazole rings is 1. The first-order valence-electron chi connectivity index (χ1n) is 28.8. The van der Waals surface area contributed by atoms with E-state index in [1.165, 1.54) is 87.9 Å². The molecule has 0 spiro atoms. The first-order chi connectivity index (χ1) is 38.1. The summed E-state index contributed by atoms with van der Waals surface area (Å²) in [6.45, 7) is 2.32. The highest BCUT2D eigenvalue weighted by Gasteiger charge is 2.52. The summed E-state index contributed by atoms with van der Waals surface area (Å²) in [6, 6.07) is 0. The molecule has 0 amide bonds. The number of aliphatic hydroxyl groups excluding tert-OH is 7. The SMILES string of the molecule is CCCCCCCCCCCCCC(=O)O[C@@H]1[C@H](OC(=O)CCCCCCCCCCCCC)[C@@H](COC(=O)CCC(=O)OC[C@H]2O[C@H](O[C@H]3O[C@H](CO)[C@@H](O)[C@H](O)[C@H]3O)[C@H](O)[C@@H](O)[C@@H]2O)O[C@H]1n1cnc2c(=O)[nH]c(N)nc21. The summed E-state index contributed by atoms with van der Waals surface area (Å²) in [5.74, 6) is -3.34. The predicted octanol–water partition coefficient (Wildman–Crippen LogP) is 3.32. The Kier molecular flexibility index (Phi) is 28.8. The van der Waals surface area contributed by atoms with Crippen molar-refractivity contribution in [3.63, 3.8) is 0 Å². The average Bonchev–Trinajstić information content (AvgIpc) is 4.20. The number of nitrogens with one attached hydrogen (secondary N) is 1. The second-order valence-corrected chi connectivity index (χ2v) is 21.0. The van der Waals surface area contributed by atoms with Crippen LogP contribution in [-0.2, 0) is 57.1 Å². The summed E-state index contributed by atoms with van der Waals surface area (Å²) in [6.07, 6.45) is 0.845. The summed E-state index contributed by atoms with van der Waals surface area (Å²) >= 11 is 0. The summed E-state index contributed by atoms with van der Waals surface area (Å²) in [5, 5.41) is 71.9. The van der Waals surface area contributed by atoms with E-state index in [2.05, 4.69) is 28.8 Å². The van der Waals surface area contributed by atoms with E-state index in [0.29, 0.717) is 12.8 Å². The number of hydrogen-bond acceptors (Lipinski definition) is 23. The molecule has 3 aliphatic rings. The van der Waals surface area contributed by atoms with E-state index in [9.17, 15) is 59.7 Å². The number of fused-ring (bicyclic) bond motifs is 1. The van der Waals surface area contributed by atoms with Gasteiger partial charge in [0.25, 0.3) is 5.56 Å². The fourth-order valence-corrected chi connectivity index (χ4v) is 9.93. The van der Waals surface area contributed by atoms with Crippen LogP contribution in [0.1, 0.15) is 187 Å². The normalized spacial score (nSPS) is 28.0. The van der Waals surface area contributed by atoms with E-state index < -0.39 is 148 Å². The van der Waals surface area contributed by atoms with Crippen LogP contribution in [0.4, 0.5) is 5.95 Å². The van der Waals surface area contributed by atoms with Crippen LogP contribution in [0.25, 0.3) is 11.2 Å². The Hall–Kier alpha value is -4.41. The number of carbonyl (C=O) groups excluding carboxylic acids is 4. The third-order valence-electron chi connectivity index (χ3n) is 14.6. The van der Waals surface area contributed by atoms with Gasteiger partial charge in [-0.25, -0.2) is 4.98 Å². The minimum atomic E-state index is -1.94. The second-order valence-electron chi connectivity index (χ2n) is 21.0. The number of ether oxygens (including phenoxy) is 8. The highest BCUT2D eigenvalue weighted by Crippen LogP contribution is 2.37. The highest BCUT2D eigenvalue weighted by atomic mass is 16.8. The number of hydrogen-bond donors (Lipinski definition) is 9. The lowest BCUT2D eigenvalue weighted by molar-refractivity contribution is -0.376. The van der Waals surface area contributed by atoms with Crippen LogP contribution in [0.5, 0.6) is 0 Å². The number of rotatable bonds is 37. The molecular formula is C54H89N5O20. The molecule has 0 unspecified atom stereocenters. The molecule has 450 valence electrons. The van der Waals surface area contributed by atoms with Crippen molar-refractivity contribution in [3.8, 4) is 0 Å². The van der Waals surface area contributed by atoms with Crippen LogP contribution in [0.2, 0.25) is 0 Å². The molecule has 25 heteroatoms. The van der Waals surface area contributed by atoms with Crippen LogP contribution < -0.4 is 11.3 Å². The third-order valence-corrected chi connectivity index (χ3v) is 14.6. The van der Waals surface area contributed by atoms with Gasteiger partial charge in [0.2, 0.25) is 5.95 Å². The van der Waals surface area contributed by atoms with Crippen molar-refractivity contribution in [3.05, 3.63) is 16.7 Å². The van der Waals surface area contributed by atoms with Crippen molar-refractivity contribution in [1.82, 2.24) is 19.5 Å². The summed E-state index contributed by atoms with van der Waals surface area (Å²) in [4.78, 5) is 77.2. The zero-order chi connectivity index (χ0) is 57.3. The molecule has 0 saturated carbocycles. The molecule has 3 saturated heterocycles. The fourth-order valence-electron chi connectivity index (χ4n) is 9.93. The van der Waals surface area contributed by atoms with Gasteiger partial charge in [-0.2, -0.15) is 4.98 Å². The van der Waals surface area contributed by atoms with Gasteiger partial charge in [0.1, 0.15) is 68.1 Å². The topological polar surface area (TPSA) is 373 Å². The summed E-state index contributed by atoms with van der Waals surface area (Å²) < 4.78 is 46.9. The van der Waals surface area contributed by atoms with Gasteiger partial charge >= 0.3 is 23.9 Å². The molecule has 2 aromatic rings. The van der Waals surface area contributed by atoms with Crippen LogP contribution in [0, 0.1) is 0 Å². The van der Waals surface area contributed by atoms with Gasteiger partial charge in [0, 0.05) is 12.8 Å². The minimum absolute atomic E-state index is 0.0199. The van der Waals surface area contributed by atoms with Gasteiger partial charge in [-0.3, -0.25) is 33.5 Å². The van der Waals surface area contributed by atoms with Crippen molar-refractivity contribution < 1.29 is 92.8 Å². The number of aromatic nitrogens is 4. The lowest BCUT2D eigenvalue weighted by Crippen LogP contribution is -2.63. The first kappa shape index (κ1) is 65.4. The number of carbonyl (C=O) groups is 4. The largest absolute Gasteiger partial charge is 0.463 e. The quantitative estimate of drug-likeness (QED) is 0.0266. The molecule has 79 heavy (non-hydrogen) atoms. The number of nitrogens with zero attached hydrogens (tertiary/aromatic N) is 3. The van der Waals surface area contributed by atoms with Crippen molar-refractivity contribution in [2.24, 2.45) is 0 Å².